The highest BCUT2D eigenvalue weighted by atomic mass is 19.4. The molecule has 9 unspecified atom stereocenters. The third-order valence-electron chi connectivity index (χ3n) is 7.86. The number of halogens is 7. The molecule has 34 heavy (non-hydrogen) atoms. The number of esters is 3. The second-order valence-corrected chi connectivity index (χ2v) is 9.69. The number of hydrogen-bond donors (Lipinski definition) is 0. The van der Waals surface area contributed by atoms with Crippen molar-refractivity contribution < 1.29 is 59.3 Å². The van der Waals surface area contributed by atoms with Crippen LogP contribution in [0.4, 0.5) is 30.7 Å². The predicted octanol–water partition coefficient (Wildman–Crippen LogP) is 3.29. The van der Waals surface area contributed by atoms with Crippen molar-refractivity contribution in [1.82, 2.24) is 0 Å². The molecule has 5 rings (SSSR count). The van der Waals surface area contributed by atoms with Gasteiger partial charge < -0.3 is 14.2 Å². The summed E-state index contributed by atoms with van der Waals surface area (Å²) in [7, 11) is 0. The standard InChI is InChI=1S/C21H19F7O6/c22-19(23,20(24,25)21(26,27)28)6-32-17(30)12-10-5-11-13(12)18(31)34-15(11)14(10)33-16(29)9-4-7-1-2-8(9)3-7/h1-2,7-15H,3-6H2. The minimum atomic E-state index is -6.56. The van der Waals surface area contributed by atoms with Gasteiger partial charge in [0, 0.05) is 11.8 Å². The fourth-order valence-corrected chi connectivity index (χ4v) is 6.30. The van der Waals surface area contributed by atoms with E-state index >= 15 is 0 Å². The Morgan fingerprint density at radius 3 is 2.26 bits per heavy atom. The summed E-state index contributed by atoms with van der Waals surface area (Å²) in [5, 5.41) is 0. The SMILES string of the molecule is O=C(OC1C2CC3C1OC(=O)C3C2C(=O)OCC(F)(F)C(F)(F)C(F)(F)F)C1CC2C=CC1C2. The largest absolute Gasteiger partial charge is 0.460 e. The minimum Gasteiger partial charge on any atom is -0.459 e. The topological polar surface area (TPSA) is 78.9 Å². The van der Waals surface area contributed by atoms with Gasteiger partial charge in [0.1, 0.15) is 12.2 Å². The van der Waals surface area contributed by atoms with Gasteiger partial charge in [0.2, 0.25) is 0 Å². The Hall–Kier alpha value is -2.34. The Labute approximate surface area is 187 Å². The van der Waals surface area contributed by atoms with Crippen molar-refractivity contribution in [2.45, 2.75) is 49.5 Å². The van der Waals surface area contributed by atoms with Crippen LogP contribution in [0.1, 0.15) is 19.3 Å². The molecule has 1 heterocycles. The summed E-state index contributed by atoms with van der Waals surface area (Å²) in [6, 6.07) is 0. The molecule has 4 bridgehead atoms. The van der Waals surface area contributed by atoms with Gasteiger partial charge in [-0.15, -0.1) is 0 Å². The first kappa shape index (κ1) is 23.4. The predicted molar refractivity (Wildman–Crippen MR) is 94.1 cm³/mol. The third-order valence-corrected chi connectivity index (χ3v) is 7.86. The number of allylic oxidation sites excluding steroid dienone is 2. The van der Waals surface area contributed by atoms with E-state index in [1.807, 2.05) is 12.2 Å². The van der Waals surface area contributed by atoms with Crippen LogP contribution < -0.4 is 0 Å². The van der Waals surface area contributed by atoms with Crippen LogP contribution in [-0.4, -0.2) is 54.7 Å². The zero-order chi connectivity index (χ0) is 24.8. The number of alkyl halides is 7. The van der Waals surface area contributed by atoms with Crippen molar-refractivity contribution in [3.8, 4) is 0 Å². The molecule has 3 saturated carbocycles. The van der Waals surface area contributed by atoms with Crippen molar-refractivity contribution >= 4 is 17.9 Å². The van der Waals surface area contributed by atoms with Crippen LogP contribution in [-0.2, 0) is 28.6 Å². The van der Waals surface area contributed by atoms with E-state index in [9.17, 15) is 45.1 Å². The van der Waals surface area contributed by atoms with Gasteiger partial charge in [-0.3, -0.25) is 14.4 Å². The molecule has 0 aromatic rings. The number of carbonyl (C=O) groups is 3. The molecule has 9 atom stereocenters. The second-order valence-electron chi connectivity index (χ2n) is 9.69. The minimum absolute atomic E-state index is 0.00765. The Bertz CT molecular complexity index is 946. The van der Waals surface area contributed by atoms with Crippen molar-refractivity contribution in [3.63, 3.8) is 0 Å². The maximum absolute atomic E-state index is 13.6. The summed E-state index contributed by atoms with van der Waals surface area (Å²) in [4.78, 5) is 37.6. The van der Waals surface area contributed by atoms with Crippen LogP contribution in [0.3, 0.4) is 0 Å². The Morgan fingerprint density at radius 2 is 1.68 bits per heavy atom. The van der Waals surface area contributed by atoms with E-state index < -0.39 is 84.3 Å². The molecular formula is C21H19F7O6. The van der Waals surface area contributed by atoms with Crippen LogP contribution in [0.2, 0.25) is 0 Å². The maximum atomic E-state index is 13.6. The van der Waals surface area contributed by atoms with Crippen LogP contribution in [0, 0.1) is 41.4 Å². The van der Waals surface area contributed by atoms with Gasteiger partial charge in [-0.1, -0.05) is 12.2 Å². The lowest BCUT2D eigenvalue weighted by molar-refractivity contribution is -0.360. The van der Waals surface area contributed by atoms with Gasteiger partial charge in [-0.2, -0.15) is 30.7 Å². The van der Waals surface area contributed by atoms with E-state index in [-0.39, 0.29) is 18.3 Å². The Morgan fingerprint density at radius 1 is 0.971 bits per heavy atom. The molecule has 1 aliphatic heterocycles. The average molecular weight is 500 g/mol. The van der Waals surface area contributed by atoms with Crippen LogP contribution in [0.25, 0.3) is 0 Å². The van der Waals surface area contributed by atoms with E-state index in [2.05, 4.69) is 4.74 Å². The van der Waals surface area contributed by atoms with E-state index in [1.54, 1.807) is 0 Å². The first-order valence-electron chi connectivity index (χ1n) is 10.8. The smallest absolute Gasteiger partial charge is 0.459 e. The molecule has 6 nitrogen and oxygen atoms in total. The van der Waals surface area contributed by atoms with Gasteiger partial charge in [-0.05, 0) is 31.1 Å². The molecule has 5 aliphatic rings. The lowest BCUT2D eigenvalue weighted by atomic mass is 9.78. The number of ether oxygens (including phenoxy) is 3. The van der Waals surface area contributed by atoms with Crippen LogP contribution in [0.5, 0.6) is 0 Å². The van der Waals surface area contributed by atoms with Gasteiger partial charge in [0.05, 0.1) is 17.8 Å². The molecule has 0 N–H and O–H groups in total. The number of fused-ring (bicyclic) bond motifs is 3. The summed E-state index contributed by atoms with van der Waals surface area (Å²) in [5.41, 5.74) is 0. The normalized spacial score (nSPS) is 40.1. The Kier molecular flexibility index (Phi) is 5.05. The van der Waals surface area contributed by atoms with Gasteiger partial charge in [-0.25, -0.2) is 0 Å². The summed E-state index contributed by atoms with van der Waals surface area (Å²) >= 11 is 0. The van der Waals surface area contributed by atoms with E-state index in [4.69, 9.17) is 9.47 Å². The zero-order valence-corrected chi connectivity index (χ0v) is 17.3. The molecule has 1 saturated heterocycles. The average Bonchev–Trinajstić information content (AvgIpc) is 3.53. The lowest BCUT2D eigenvalue weighted by Gasteiger charge is -2.32. The quantitative estimate of drug-likeness (QED) is 0.241. The third kappa shape index (κ3) is 3.24. The highest BCUT2D eigenvalue weighted by molar-refractivity contribution is 5.86. The molecule has 0 aromatic carbocycles. The summed E-state index contributed by atoms with van der Waals surface area (Å²) in [6.07, 6.45) is -2.97. The zero-order valence-electron chi connectivity index (χ0n) is 17.3. The molecule has 0 aromatic heterocycles. The fourth-order valence-electron chi connectivity index (χ4n) is 6.30. The molecule has 13 heteroatoms. The fraction of sp³-hybridized carbons (Fsp3) is 0.762. The number of hydrogen-bond acceptors (Lipinski definition) is 6. The number of rotatable bonds is 6. The summed E-state index contributed by atoms with van der Waals surface area (Å²) < 4.78 is 105. The van der Waals surface area contributed by atoms with E-state index in [0.717, 1.165) is 6.42 Å². The van der Waals surface area contributed by atoms with Gasteiger partial charge >= 0.3 is 35.9 Å². The molecule has 4 aliphatic carbocycles. The Balaban J connectivity index is 1.29. The molecule has 0 spiro atoms. The molecule has 188 valence electrons. The van der Waals surface area contributed by atoms with Crippen LogP contribution >= 0.6 is 0 Å². The molecule has 0 radical (unpaired) electrons. The van der Waals surface area contributed by atoms with Crippen molar-refractivity contribution in [2.75, 3.05) is 6.61 Å². The number of carbonyl (C=O) groups excluding carboxylic acids is 3. The molecular weight excluding hydrogens is 481 g/mol. The first-order chi connectivity index (χ1) is 15.7. The highest BCUT2D eigenvalue weighted by Crippen LogP contribution is 2.59. The second kappa shape index (κ2) is 7.33. The maximum Gasteiger partial charge on any atom is 0.460 e. The lowest BCUT2D eigenvalue weighted by Crippen LogP contribution is -2.55. The van der Waals surface area contributed by atoms with Gasteiger partial charge in [0.25, 0.3) is 0 Å². The molecule has 4 fully saturated rings. The molecule has 0 amide bonds. The van der Waals surface area contributed by atoms with Crippen molar-refractivity contribution in [2.24, 2.45) is 41.4 Å². The monoisotopic (exact) mass is 500 g/mol. The first-order valence-corrected chi connectivity index (χ1v) is 10.8. The summed E-state index contributed by atoms with van der Waals surface area (Å²) in [5.74, 6) is -19.2. The van der Waals surface area contributed by atoms with Gasteiger partial charge in [0.15, 0.2) is 6.61 Å². The summed E-state index contributed by atoms with van der Waals surface area (Å²) in [6.45, 7) is -2.53. The van der Waals surface area contributed by atoms with E-state index in [0.29, 0.717) is 6.42 Å². The van der Waals surface area contributed by atoms with Crippen LogP contribution in [0.15, 0.2) is 12.2 Å². The van der Waals surface area contributed by atoms with E-state index in [1.165, 1.54) is 0 Å². The van der Waals surface area contributed by atoms with Crippen molar-refractivity contribution in [1.29, 1.82) is 0 Å². The van der Waals surface area contributed by atoms with Crippen molar-refractivity contribution in [3.05, 3.63) is 12.2 Å². The highest BCUT2D eigenvalue weighted by Gasteiger charge is 2.74.